The summed E-state index contributed by atoms with van der Waals surface area (Å²) < 4.78 is 5.62. The molecule has 1 aliphatic rings. The van der Waals surface area contributed by atoms with Gasteiger partial charge in [0, 0.05) is 24.2 Å². The van der Waals surface area contributed by atoms with Gasteiger partial charge in [-0.25, -0.2) is 0 Å². The third-order valence-corrected chi connectivity index (χ3v) is 7.36. The number of fused-ring (bicyclic) bond motifs is 1. The SMILES string of the molecule is Cl.NCCCC[C@H](NC(=O)C1OC1C(=O)N(Cc1ccccc1)Cc1ccccc1)C(=O)Nc1cccc2ccccc12. The van der Waals surface area contributed by atoms with Crippen molar-refractivity contribution in [2.75, 3.05) is 11.9 Å². The van der Waals surface area contributed by atoms with Crippen molar-refractivity contribution < 1.29 is 19.1 Å². The van der Waals surface area contributed by atoms with Gasteiger partial charge in [0.25, 0.3) is 11.8 Å². The molecule has 3 amide bonds. The van der Waals surface area contributed by atoms with Crippen LogP contribution in [0.25, 0.3) is 10.8 Å². The normalized spacial score (nSPS) is 16.0. The smallest absolute Gasteiger partial charge is 0.255 e. The number of nitrogens with two attached hydrogens (primary N) is 1. The van der Waals surface area contributed by atoms with Gasteiger partial charge in [-0.15, -0.1) is 12.4 Å². The summed E-state index contributed by atoms with van der Waals surface area (Å²) >= 11 is 0. The van der Waals surface area contributed by atoms with Gasteiger partial charge in [-0.05, 0) is 48.4 Å². The molecule has 0 aromatic heterocycles. The second-order valence-electron chi connectivity index (χ2n) is 10.5. The monoisotopic (exact) mass is 600 g/mol. The summed E-state index contributed by atoms with van der Waals surface area (Å²) in [6.07, 6.45) is -0.0422. The molecule has 3 atom stereocenters. The molecular formula is C34H37ClN4O4. The van der Waals surface area contributed by atoms with Gasteiger partial charge in [0.05, 0.1) is 0 Å². The van der Waals surface area contributed by atoms with Gasteiger partial charge in [-0.3, -0.25) is 14.4 Å². The van der Waals surface area contributed by atoms with Crippen molar-refractivity contribution in [1.82, 2.24) is 10.2 Å². The fourth-order valence-electron chi connectivity index (χ4n) is 5.07. The van der Waals surface area contributed by atoms with Crippen molar-refractivity contribution >= 4 is 46.6 Å². The number of ether oxygens (including phenoxy) is 1. The number of benzene rings is 4. The number of unbranched alkanes of at least 4 members (excludes halogenated alkanes) is 1. The molecule has 0 saturated carbocycles. The highest BCUT2D eigenvalue weighted by Crippen LogP contribution is 2.27. The van der Waals surface area contributed by atoms with Crippen LogP contribution in [0.4, 0.5) is 5.69 Å². The highest BCUT2D eigenvalue weighted by Gasteiger charge is 2.52. The van der Waals surface area contributed by atoms with E-state index in [9.17, 15) is 14.4 Å². The van der Waals surface area contributed by atoms with Crippen LogP contribution in [0.5, 0.6) is 0 Å². The zero-order valence-electron chi connectivity index (χ0n) is 23.9. The lowest BCUT2D eigenvalue weighted by atomic mass is 10.1. The molecule has 5 rings (SSSR count). The topological polar surface area (TPSA) is 117 Å². The van der Waals surface area contributed by atoms with Crippen LogP contribution in [0.3, 0.4) is 0 Å². The van der Waals surface area contributed by atoms with Gasteiger partial charge >= 0.3 is 0 Å². The van der Waals surface area contributed by atoms with E-state index in [1.807, 2.05) is 103 Å². The number of nitrogens with zero attached hydrogens (tertiary/aromatic N) is 1. The Labute approximate surface area is 258 Å². The fourth-order valence-corrected chi connectivity index (χ4v) is 5.07. The number of anilines is 1. The minimum absolute atomic E-state index is 0. The number of hydrogen-bond donors (Lipinski definition) is 3. The van der Waals surface area contributed by atoms with E-state index in [4.69, 9.17) is 10.5 Å². The number of hydrogen-bond acceptors (Lipinski definition) is 5. The number of carbonyl (C=O) groups excluding carboxylic acids is 3. The van der Waals surface area contributed by atoms with E-state index in [1.54, 1.807) is 4.90 Å². The molecule has 4 aromatic carbocycles. The Hall–Kier alpha value is -4.24. The van der Waals surface area contributed by atoms with E-state index in [0.29, 0.717) is 38.2 Å². The molecule has 0 aliphatic carbocycles. The van der Waals surface area contributed by atoms with Crippen molar-refractivity contribution in [1.29, 1.82) is 0 Å². The first kappa shape index (κ1) is 31.7. The average molecular weight is 601 g/mol. The largest absolute Gasteiger partial charge is 0.349 e. The first-order chi connectivity index (χ1) is 20.5. The lowest BCUT2D eigenvalue weighted by molar-refractivity contribution is -0.134. The molecule has 1 fully saturated rings. The van der Waals surface area contributed by atoms with Crippen LogP contribution in [0.2, 0.25) is 0 Å². The molecule has 43 heavy (non-hydrogen) atoms. The highest BCUT2D eigenvalue weighted by atomic mass is 35.5. The minimum atomic E-state index is -0.950. The third-order valence-electron chi connectivity index (χ3n) is 7.36. The Morgan fingerprint density at radius 2 is 1.37 bits per heavy atom. The summed E-state index contributed by atoms with van der Waals surface area (Å²) in [4.78, 5) is 41.9. The molecule has 4 aromatic rings. The molecule has 8 nitrogen and oxygen atoms in total. The molecule has 224 valence electrons. The average Bonchev–Trinajstić information content (AvgIpc) is 3.82. The number of halogens is 1. The lowest BCUT2D eigenvalue weighted by Gasteiger charge is -2.22. The maximum atomic E-state index is 13.6. The van der Waals surface area contributed by atoms with E-state index in [1.165, 1.54) is 0 Å². The quantitative estimate of drug-likeness (QED) is 0.150. The molecule has 0 radical (unpaired) electrons. The van der Waals surface area contributed by atoms with Crippen LogP contribution in [0.15, 0.2) is 103 Å². The lowest BCUT2D eigenvalue weighted by Crippen LogP contribution is -2.46. The second-order valence-corrected chi connectivity index (χ2v) is 10.5. The Bertz CT molecular complexity index is 1470. The van der Waals surface area contributed by atoms with Crippen LogP contribution < -0.4 is 16.4 Å². The molecule has 1 aliphatic heterocycles. The first-order valence-corrected chi connectivity index (χ1v) is 14.3. The molecule has 1 saturated heterocycles. The Morgan fingerprint density at radius 1 is 0.767 bits per heavy atom. The van der Waals surface area contributed by atoms with Crippen LogP contribution >= 0.6 is 12.4 Å². The second kappa shape index (κ2) is 15.3. The van der Waals surface area contributed by atoms with Gasteiger partial charge in [-0.2, -0.15) is 0 Å². The molecular weight excluding hydrogens is 564 g/mol. The Morgan fingerprint density at radius 3 is 2.02 bits per heavy atom. The molecule has 0 spiro atoms. The van der Waals surface area contributed by atoms with Gasteiger partial charge in [0.15, 0.2) is 12.2 Å². The number of carbonyl (C=O) groups is 3. The van der Waals surface area contributed by atoms with Crippen molar-refractivity contribution in [2.45, 2.75) is 50.6 Å². The van der Waals surface area contributed by atoms with Gasteiger partial charge in [0.1, 0.15) is 6.04 Å². The van der Waals surface area contributed by atoms with Crippen molar-refractivity contribution in [3.63, 3.8) is 0 Å². The molecule has 2 unspecified atom stereocenters. The van der Waals surface area contributed by atoms with Crippen molar-refractivity contribution in [2.24, 2.45) is 5.73 Å². The zero-order valence-corrected chi connectivity index (χ0v) is 24.7. The Balaban J connectivity index is 0.00000423. The van der Waals surface area contributed by atoms with Gasteiger partial charge in [0.2, 0.25) is 5.91 Å². The van der Waals surface area contributed by atoms with E-state index in [0.717, 1.165) is 28.3 Å². The zero-order chi connectivity index (χ0) is 29.3. The van der Waals surface area contributed by atoms with E-state index < -0.39 is 24.2 Å². The summed E-state index contributed by atoms with van der Waals surface area (Å²) in [6, 6.07) is 32.1. The maximum Gasteiger partial charge on any atom is 0.255 e. The predicted molar refractivity (Wildman–Crippen MR) is 170 cm³/mol. The first-order valence-electron chi connectivity index (χ1n) is 14.3. The van der Waals surface area contributed by atoms with Crippen LogP contribution in [-0.4, -0.2) is 47.4 Å². The fraction of sp³-hybridized carbons (Fsp3) is 0.265. The van der Waals surface area contributed by atoms with E-state index in [2.05, 4.69) is 10.6 Å². The van der Waals surface area contributed by atoms with Crippen molar-refractivity contribution in [3.05, 3.63) is 114 Å². The molecule has 9 heteroatoms. The number of nitrogens with one attached hydrogen (secondary N) is 2. The van der Waals surface area contributed by atoms with Gasteiger partial charge in [-0.1, -0.05) is 97.1 Å². The maximum absolute atomic E-state index is 13.6. The Kier molecular flexibility index (Phi) is 11.3. The summed E-state index contributed by atoms with van der Waals surface area (Å²) in [5, 5.41) is 7.74. The third kappa shape index (κ3) is 8.41. The highest BCUT2D eigenvalue weighted by molar-refractivity contribution is 6.05. The summed E-state index contributed by atoms with van der Waals surface area (Å²) in [5.74, 6) is -1.06. The molecule has 1 heterocycles. The summed E-state index contributed by atoms with van der Waals surface area (Å²) in [7, 11) is 0. The van der Waals surface area contributed by atoms with Crippen molar-refractivity contribution in [3.8, 4) is 0 Å². The number of rotatable bonds is 13. The van der Waals surface area contributed by atoms with Gasteiger partial charge < -0.3 is 26.0 Å². The predicted octanol–water partition coefficient (Wildman–Crippen LogP) is 4.81. The summed E-state index contributed by atoms with van der Waals surface area (Å²) in [5.41, 5.74) is 8.31. The number of amides is 3. The van der Waals surface area contributed by atoms with E-state index in [-0.39, 0.29) is 24.2 Å². The standard InChI is InChI=1S/C34H36N4O4.ClH/c35-21-10-9-19-29(32(39)36-28-20-11-17-26-16-7-8-18-27(26)28)37-33(40)30-31(42-30)34(41)38(22-24-12-3-1-4-13-24)23-25-14-5-2-6-15-25;/h1-8,11-18,20,29-31H,9-10,19,21-23,35H2,(H,36,39)(H,37,40);1H/t29-,30?,31?;/m0./s1. The molecule has 4 N–H and O–H groups in total. The minimum Gasteiger partial charge on any atom is -0.349 e. The number of epoxide rings is 1. The molecule has 0 bridgehead atoms. The summed E-state index contributed by atoms with van der Waals surface area (Å²) in [6.45, 7) is 1.27. The van der Waals surface area contributed by atoms with Crippen LogP contribution in [-0.2, 0) is 32.2 Å². The van der Waals surface area contributed by atoms with E-state index >= 15 is 0 Å². The van der Waals surface area contributed by atoms with Crippen LogP contribution in [0.1, 0.15) is 30.4 Å². The van der Waals surface area contributed by atoms with Crippen LogP contribution in [0, 0.1) is 0 Å².